The predicted molar refractivity (Wildman–Crippen MR) is 101 cm³/mol. The third-order valence-electron chi connectivity index (χ3n) is 4.02. The maximum absolute atomic E-state index is 6.11. The van der Waals surface area contributed by atoms with Crippen LogP contribution in [0.5, 0.6) is 0 Å². The fourth-order valence-electron chi connectivity index (χ4n) is 3.03. The van der Waals surface area contributed by atoms with Crippen LogP contribution in [0.15, 0.2) is 59.0 Å². The molecule has 1 aromatic heterocycles. The summed E-state index contributed by atoms with van der Waals surface area (Å²) < 4.78 is 6.11. The number of rotatable bonds is 6. The van der Waals surface area contributed by atoms with Gasteiger partial charge in [0.05, 0.1) is 6.04 Å². The van der Waals surface area contributed by atoms with Crippen LogP contribution < -0.4 is 5.32 Å². The minimum absolute atomic E-state index is 0.00961. The number of para-hydroxylation sites is 1. The molecule has 0 saturated carbocycles. The second-order valence-electron chi connectivity index (χ2n) is 6.50. The maximum atomic E-state index is 6.11. The molecule has 1 heterocycles. The van der Waals surface area contributed by atoms with E-state index in [2.05, 4.69) is 55.5 Å². The van der Waals surface area contributed by atoms with Gasteiger partial charge in [0.15, 0.2) is 0 Å². The number of benzene rings is 2. The van der Waals surface area contributed by atoms with Gasteiger partial charge in [0.25, 0.3) is 0 Å². The number of hydrogen-bond acceptors (Lipinski definition) is 3. The summed E-state index contributed by atoms with van der Waals surface area (Å²) in [6.07, 6.45) is 0. The van der Waals surface area contributed by atoms with Crippen molar-refractivity contribution in [3.63, 3.8) is 0 Å². The number of fused-ring (bicyclic) bond motifs is 1. The van der Waals surface area contributed by atoms with Crippen LogP contribution in [-0.4, -0.2) is 31.6 Å². The van der Waals surface area contributed by atoms with E-state index < -0.39 is 0 Å². The summed E-state index contributed by atoms with van der Waals surface area (Å²) in [5.41, 5.74) is 2.05. The molecule has 1 N–H and O–H groups in total. The number of likely N-dealkylation sites (N-methyl/N-ethyl adjacent to an activating group) is 1. The summed E-state index contributed by atoms with van der Waals surface area (Å²) in [5, 5.41) is 5.54. The Morgan fingerprint density at radius 3 is 2.46 bits per heavy atom. The Balaban J connectivity index is 1.95. The first-order valence-corrected chi connectivity index (χ1v) is 8.55. The molecule has 0 fully saturated rings. The van der Waals surface area contributed by atoms with Crippen molar-refractivity contribution < 1.29 is 4.42 Å². The van der Waals surface area contributed by atoms with Gasteiger partial charge in [-0.1, -0.05) is 41.9 Å². The van der Waals surface area contributed by atoms with E-state index in [1.165, 1.54) is 0 Å². The predicted octanol–water partition coefficient (Wildman–Crippen LogP) is 4.72. The molecule has 126 valence electrons. The molecule has 2 unspecified atom stereocenters. The van der Waals surface area contributed by atoms with E-state index in [0.29, 0.717) is 6.04 Å². The molecule has 2 atom stereocenters. The molecule has 0 radical (unpaired) electrons. The highest BCUT2D eigenvalue weighted by Gasteiger charge is 2.21. The average molecular weight is 343 g/mol. The lowest BCUT2D eigenvalue weighted by Gasteiger charge is -2.24. The third kappa shape index (κ3) is 3.99. The Labute approximate surface area is 148 Å². The van der Waals surface area contributed by atoms with E-state index in [1.54, 1.807) is 0 Å². The van der Waals surface area contributed by atoms with Gasteiger partial charge in [-0.15, -0.1) is 0 Å². The van der Waals surface area contributed by atoms with Crippen molar-refractivity contribution in [1.29, 1.82) is 0 Å². The molecule has 0 aliphatic heterocycles. The zero-order chi connectivity index (χ0) is 17.1. The van der Waals surface area contributed by atoms with Crippen molar-refractivity contribution >= 4 is 22.6 Å². The quantitative estimate of drug-likeness (QED) is 0.703. The van der Waals surface area contributed by atoms with Gasteiger partial charge in [0.2, 0.25) is 0 Å². The molecule has 0 saturated heterocycles. The molecular formula is C20H23ClN2O. The first-order valence-electron chi connectivity index (χ1n) is 8.17. The second-order valence-corrected chi connectivity index (χ2v) is 6.94. The molecule has 3 aromatic rings. The molecule has 3 rings (SSSR count). The standard InChI is InChI=1S/C20H23ClN2O/c1-14(13-23(2)3)22-20(15-8-10-17(21)11-9-15)19-12-16-6-4-5-7-18(16)24-19/h4-12,14,20,22H,13H2,1-3H3. The number of hydrogen-bond donors (Lipinski definition) is 1. The summed E-state index contributed by atoms with van der Waals surface area (Å²) in [7, 11) is 4.16. The van der Waals surface area contributed by atoms with E-state index in [-0.39, 0.29) is 6.04 Å². The van der Waals surface area contributed by atoms with Gasteiger partial charge in [0, 0.05) is 23.0 Å². The van der Waals surface area contributed by atoms with Crippen molar-refractivity contribution in [3.05, 3.63) is 70.9 Å². The monoisotopic (exact) mass is 342 g/mol. The molecular weight excluding hydrogens is 320 g/mol. The number of nitrogens with zero attached hydrogens (tertiary/aromatic N) is 1. The van der Waals surface area contributed by atoms with Gasteiger partial charge >= 0.3 is 0 Å². The zero-order valence-corrected chi connectivity index (χ0v) is 15.0. The Bertz CT molecular complexity index is 762. The van der Waals surface area contributed by atoms with Crippen molar-refractivity contribution in [2.24, 2.45) is 0 Å². The van der Waals surface area contributed by atoms with Crippen molar-refractivity contribution in [1.82, 2.24) is 10.2 Å². The van der Waals surface area contributed by atoms with Crippen molar-refractivity contribution in [3.8, 4) is 0 Å². The van der Waals surface area contributed by atoms with Crippen LogP contribution in [0.1, 0.15) is 24.3 Å². The van der Waals surface area contributed by atoms with Crippen LogP contribution in [0, 0.1) is 0 Å². The summed E-state index contributed by atoms with van der Waals surface area (Å²) in [6.45, 7) is 3.13. The van der Waals surface area contributed by atoms with Crippen LogP contribution in [0.25, 0.3) is 11.0 Å². The number of furan rings is 1. The third-order valence-corrected chi connectivity index (χ3v) is 4.27. The van der Waals surface area contributed by atoms with Gasteiger partial charge in [0.1, 0.15) is 11.3 Å². The van der Waals surface area contributed by atoms with Crippen LogP contribution >= 0.6 is 11.6 Å². The second kappa shape index (κ2) is 7.39. The first-order chi connectivity index (χ1) is 11.5. The zero-order valence-electron chi connectivity index (χ0n) is 14.3. The van der Waals surface area contributed by atoms with Gasteiger partial charge in [-0.25, -0.2) is 0 Å². The van der Waals surface area contributed by atoms with Crippen molar-refractivity contribution in [2.75, 3.05) is 20.6 Å². The maximum Gasteiger partial charge on any atom is 0.134 e. The lowest BCUT2D eigenvalue weighted by molar-refractivity contribution is 0.328. The molecule has 3 nitrogen and oxygen atoms in total. The lowest BCUT2D eigenvalue weighted by Crippen LogP contribution is -2.38. The fraction of sp³-hybridized carbons (Fsp3) is 0.300. The summed E-state index contributed by atoms with van der Waals surface area (Å²) in [6, 6.07) is 18.5. The van der Waals surface area contributed by atoms with E-state index in [4.69, 9.17) is 16.0 Å². The number of nitrogens with one attached hydrogen (secondary N) is 1. The molecule has 24 heavy (non-hydrogen) atoms. The van der Waals surface area contributed by atoms with Gasteiger partial charge in [-0.3, -0.25) is 5.32 Å². The molecule has 0 amide bonds. The highest BCUT2D eigenvalue weighted by Crippen LogP contribution is 2.29. The molecule has 0 spiro atoms. The molecule has 0 aliphatic carbocycles. The summed E-state index contributed by atoms with van der Waals surface area (Å²) >= 11 is 6.05. The molecule has 2 aromatic carbocycles. The Hall–Kier alpha value is -1.81. The molecule has 4 heteroatoms. The largest absolute Gasteiger partial charge is 0.459 e. The summed E-state index contributed by atoms with van der Waals surface area (Å²) in [4.78, 5) is 2.18. The topological polar surface area (TPSA) is 28.4 Å². The van der Waals surface area contributed by atoms with E-state index in [0.717, 1.165) is 33.9 Å². The lowest BCUT2D eigenvalue weighted by atomic mass is 10.0. The van der Waals surface area contributed by atoms with Crippen LogP contribution in [0.2, 0.25) is 5.02 Å². The van der Waals surface area contributed by atoms with E-state index in [1.807, 2.05) is 30.3 Å². The van der Waals surface area contributed by atoms with E-state index in [9.17, 15) is 0 Å². The number of halogens is 1. The minimum Gasteiger partial charge on any atom is -0.459 e. The van der Waals surface area contributed by atoms with E-state index >= 15 is 0 Å². The Kier molecular flexibility index (Phi) is 5.24. The molecule has 0 bridgehead atoms. The van der Waals surface area contributed by atoms with Crippen LogP contribution in [-0.2, 0) is 0 Å². The van der Waals surface area contributed by atoms with Gasteiger partial charge in [-0.2, -0.15) is 0 Å². The highest BCUT2D eigenvalue weighted by atomic mass is 35.5. The Morgan fingerprint density at radius 1 is 1.08 bits per heavy atom. The van der Waals surface area contributed by atoms with Crippen molar-refractivity contribution in [2.45, 2.75) is 19.0 Å². The van der Waals surface area contributed by atoms with Crippen LogP contribution in [0.3, 0.4) is 0 Å². The normalized spacial score (nSPS) is 14.2. The molecule has 0 aliphatic rings. The highest BCUT2D eigenvalue weighted by molar-refractivity contribution is 6.30. The SMILES string of the molecule is CC(CN(C)C)NC(c1ccc(Cl)cc1)c1cc2ccccc2o1. The van der Waals surface area contributed by atoms with Crippen LogP contribution in [0.4, 0.5) is 0 Å². The first kappa shape index (κ1) is 17.0. The fourth-order valence-corrected chi connectivity index (χ4v) is 3.15. The summed E-state index contributed by atoms with van der Waals surface area (Å²) in [5.74, 6) is 0.920. The average Bonchev–Trinajstić information content (AvgIpc) is 2.96. The van der Waals surface area contributed by atoms with Gasteiger partial charge < -0.3 is 9.32 Å². The van der Waals surface area contributed by atoms with Gasteiger partial charge in [-0.05, 0) is 50.8 Å². The minimum atomic E-state index is -0.00961. The smallest absolute Gasteiger partial charge is 0.134 e. The Morgan fingerprint density at radius 2 is 1.79 bits per heavy atom.